The number of nitrogens with zero attached hydrogens (tertiary/aromatic N) is 1. The van der Waals surface area contributed by atoms with Gasteiger partial charge < -0.3 is 10.2 Å². The zero-order valence-electron chi connectivity index (χ0n) is 9.34. The van der Waals surface area contributed by atoms with Gasteiger partial charge in [0, 0.05) is 12.6 Å². The normalized spacial score (nSPS) is 9.53. The Bertz CT molecular complexity index is 454. The number of terminal acetylenes is 1. The van der Waals surface area contributed by atoms with Crippen LogP contribution in [-0.2, 0) is 0 Å². The molecule has 0 saturated heterocycles. The molecular weight excluding hydrogens is 226 g/mol. The average Bonchev–Trinajstić information content (AvgIpc) is 2.29. The van der Waals surface area contributed by atoms with Crippen LogP contribution in [-0.4, -0.2) is 24.0 Å². The Labute approximate surface area is 98.4 Å². The fraction of sp³-hybridized carbons (Fsp3) is 0.250. The van der Waals surface area contributed by atoms with Gasteiger partial charge in [-0.15, -0.1) is 6.42 Å². The first-order chi connectivity index (χ1) is 8.08. The molecule has 17 heavy (non-hydrogen) atoms. The highest BCUT2D eigenvalue weighted by Crippen LogP contribution is 2.15. The molecule has 90 valence electrons. The van der Waals surface area contributed by atoms with E-state index in [9.17, 15) is 13.6 Å². The molecular formula is C12H12F2N2O. The predicted molar refractivity (Wildman–Crippen MR) is 61.5 cm³/mol. The number of carbonyl (C=O) groups excluding carboxylic acids is 1. The lowest BCUT2D eigenvalue weighted by Crippen LogP contribution is -2.35. The van der Waals surface area contributed by atoms with E-state index in [-0.39, 0.29) is 12.2 Å². The molecule has 0 atom stereocenters. The summed E-state index contributed by atoms with van der Waals surface area (Å²) in [6, 6.07) is 2.41. The summed E-state index contributed by atoms with van der Waals surface area (Å²) in [4.78, 5) is 13.0. The van der Waals surface area contributed by atoms with Crippen LogP contribution in [0.2, 0.25) is 0 Å². The molecule has 0 unspecified atom stereocenters. The maximum Gasteiger partial charge on any atom is 0.322 e. The van der Waals surface area contributed by atoms with Crippen LogP contribution in [0.3, 0.4) is 0 Å². The molecule has 1 aromatic rings. The van der Waals surface area contributed by atoms with Gasteiger partial charge in [0.15, 0.2) is 0 Å². The van der Waals surface area contributed by atoms with Crippen molar-refractivity contribution < 1.29 is 13.6 Å². The van der Waals surface area contributed by atoms with Gasteiger partial charge in [-0.25, -0.2) is 13.6 Å². The van der Waals surface area contributed by atoms with Gasteiger partial charge >= 0.3 is 6.03 Å². The second-order valence-corrected chi connectivity index (χ2v) is 3.27. The average molecular weight is 238 g/mol. The molecule has 0 aliphatic heterocycles. The van der Waals surface area contributed by atoms with E-state index in [2.05, 4.69) is 11.2 Å². The van der Waals surface area contributed by atoms with Gasteiger partial charge in [-0.1, -0.05) is 5.92 Å². The lowest BCUT2D eigenvalue weighted by molar-refractivity contribution is 0.220. The van der Waals surface area contributed by atoms with E-state index in [1.54, 1.807) is 6.92 Å². The van der Waals surface area contributed by atoms with Crippen LogP contribution in [0.5, 0.6) is 0 Å². The first-order valence-electron chi connectivity index (χ1n) is 5.03. The van der Waals surface area contributed by atoms with Crippen molar-refractivity contribution in [1.82, 2.24) is 4.90 Å². The lowest BCUT2D eigenvalue weighted by Gasteiger charge is -2.18. The number of rotatable bonds is 3. The predicted octanol–water partition coefficient (Wildman–Crippen LogP) is 2.45. The molecule has 0 aliphatic rings. The molecule has 0 aliphatic carbocycles. The minimum Gasteiger partial charge on any atom is -0.314 e. The van der Waals surface area contributed by atoms with Crippen molar-refractivity contribution in [2.45, 2.75) is 6.92 Å². The molecule has 0 spiro atoms. The first kappa shape index (κ1) is 13.0. The molecule has 0 heterocycles. The van der Waals surface area contributed by atoms with Gasteiger partial charge in [0.05, 0.1) is 12.2 Å². The Hall–Kier alpha value is -2.09. The van der Waals surface area contributed by atoms with E-state index in [1.807, 2.05) is 0 Å². The molecule has 2 amide bonds. The number of hydrogen-bond acceptors (Lipinski definition) is 1. The number of halogens is 2. The molecule has 0 fully saturated rings. The zero-order valence-corrected chi connectivity index (χ0v) is 9.34. The Morgan fingerprint density at radius 3 is 2.76 bits per heavy atom. The van der Waals surface area contributed by atoms with Gasteiger partial charge in [-0.05, 0) is 19.1 Å². The Balaban J connectivity index is 2.77. The molecule has 1 aromatic carbocycles. The Kier molecular flexibility index (Phi) is 4.46. The molecule has 0 saturated carbocycles. The van der Waals surface area contributed by atoms with Crippen molar-refractivity contribution in [3.05, 3.63) is 29.8 Å². The van der Waals surface area contributed by atoms with Crippen molar-refractivity contribution in [2.24, 2.45) is 0 Å². The van der Waals surface area contributed by atoms with Gasteiger partial charge in [-0.3, -0.25) is 0 Å². The summed E-state index contributed by atoms with van der Waals surface area (Å²) in [6.45, 7) is 2.28. The van der Waals surface area contributed by atoms with E-state index in [1.165, 1.54) is 4.90 Å². The summed E-state index contributed by atoms with van der Waals surface area (Å²) in [5, 5.41) is 2.32. The first-order valence-corrected chi connectivity index (χ1v) is 5.03. The van der Waals surface area contributed by atoms with E-state index in [4.69, 9.17) is 6.42 Å². The van der Waals surface area contributed by atoms with E-state index in [0.29, 0.717) is 12.6 Å². The second kappa shape index (κ2) is 5.85. The molecule has 1 rings (SSSR count). The highest BCUT2D eigenvalue weighted by atomic mass is 19.1. The number of amides is 2. The third-order valence-electron chi connectivity index (χ3n) is 2.12. The number of anilines is 1. The van der Waals surface area contributed by atoms with Crippen molar-refractivity contribution >= 4 is 11.7 Å². The molecule has 5 heteroatoms. The van der Waals surface area contributed by atoms with E-state index in [0.717, 1.165) is 12.1 Å². The van der Waals surface area contributed by atoms with Gasteiger partial charge in [0.1, 0.15) is 11.6 Å². The van der Waals surface area contributed by atoms with Crippen molar-refractivity contribution in [1.29, 1.82) is 0 Å². The third kappa shape index (κ3) is 3.45. The molecule has 1 N–H and O–H groups in total. The molecule has 0 bridgehead atoms. The maximum absolute atomic E-state index is 13.3. The maximum atomic E-state index is 13.3. The van der Waals surface area contributed by atoms with Gasteiger partial charge in [-0.2, -0.15) is 0 Å². The van der Waals surface area contributed by atoms with Crippen molar-refractivity contribution in [3.63, 3.8) is 0 Å². The number of carbonyl (C=O) groups is 1. The fourth-order valence-electron chi connectivity index (χ4n) is 1.22. The van der Waals surface area contributed by atoms with Crippen molar-refractivity contribution in [2.75, 3.05) is 18.4 Å². The highest BCUT2D eigenvalue weighted by Gasteiger charge is 2.12. The fourth-order valence-corrected chi connectivity index (χ4v) is 1.22. The Morgan fingerprint density at radius 1 is 1.53 bits per heavy atom. The number of hydrogen-bond donors (Lipinski definition) is 1. The summed E-state index contributed by atoms with van der Waals surface area (Å²) in [5.41, 5.74) is -0.0770. The minimum atomic E-state index is -0.824. The monoisotopic (exact) mass is 238 g/mol. The lowest BCUT2D eigenvalue weighted by atomic mass is 10.3. The van der Waals surface area contributed by atoms with Gasteiger partial charge in [0.2, 0.25) is 0 Å². The number of nitrogens with one attached hydrogen (secondary N) is 1. The van der Waals surface area contributed by atoms with Crippen molar-refractivity contribution in [3.8, 4) is 12.3 Å². The van der Waals surface area contributed by atoms with E-state index < -0.39 is 17.7 Å². The SMILES string of the molecule is C#CCN(CC)C(=O)Nc1ccc(F)cc1F. The van der Waals surface area contributed by atoms with Crippen LogP contribution in [0.25, 0.3) is 0 Å². The van der Waals surface area contributed by atoms with Crippen LogP contribution in [0, 0.1) is 24.0 Å². The van der Waals surface area contributed by atoms with Crippen LogP contribution < -0.4 is 5.32 Å². The van der Waals surface area contributed by atoms with Crippen LogP contribution in [0.4, 0.5) is 19.3 Å². The number of urea groups is 1. The van der Waals surface area contributed by atoms with Gasteiger partial charge in [0.25, 0.3) is 0 Å². The smallest absolute Gasteiger partial charge is 0.314 e. The highest BCUT2D eigenvalue weighted by molar-refractivity contribution is 5.89. The second-order valence-electron chi connectivity index (χ2n) is 3.27. The Morgan fingerprint density at radius 2 is 2.24 bits per heavy atom. The topological polar surface area (TPSA) is 32.3 Å². The minimum absolute atomic E-state index is 0.0770. The number of benzene rings is 1. The van der Waals surface area contributed by atoms with Crippen LogP contribution in [0.1, 0.15) is 6.92 Å². The molecule has 3 nitrogen and oxygen atoms in total. The zero-order chi connectivity index (χ0) is 12.8. The summed E-state index contributed by atoms with van der Waals surface area (Å²) in [7, 11) is 0. The summed E-state index contributed by atoms with van der Waals surface area (Å²) in [6.07, 6.45) is 5.09. The largest absolute Gasteiger partial charge is 0.322 e. The van der Waals surface area contributed by atoms with Crippen LogP contribution >= 0.6 is 0 Å². The quantitative estimate of drug-likeness (QED) is 0.806. The molecule has 0 radical (unpaired) electrons. The standard InChI is InChI=1S/C12H12F2N2O/c1-3-7-16(4-2)12(17)15-11-6-5-9(13)8-10(11)14/h1,5-6,8H,4,7H2,2H3,(H,15,17). The summed E-state index contributed by atoms with van der Waals surface area (Å²) >= 11 is 0. The van der Waals surface area contributed by atoms with Crippen LogP contribution in [0.15, 0.2) is 18.2 Å². The third-order valence-corrected chi connectivity index (χ3v) is 2.12. The molecule has 0 aromatic heterocycles. The summed E-state index contributed by atoms with van der Waals surface area (Å²) < 4.78 is 25.9. The summed E-state index contributed by atoms with van der Waals surface area (Å²) in [5.74, 6) is 0.799. The van der Waals surface area contributed by atoms with E-state index >= 15 is 0 Å².